The first-order chi connectivity index (χ1) is 17.0. The van der Waals surface area contributed by atoms with Crippen LogP contribution in [0.3, 0.4) is 0 Å². The van der Waals surface area contributed by atoms with Crippen molar-refractivity contribution in [2.45, 2.75) is 50.2 Å². The molecule has 0 radical (unpaired) electrons. The van der Waals surface area contributed by atoms with E-state index in [-0.39, 0.29) is 44.1 Å². The molecule has 4 N–H and O–H groups in total. The first-order valence-electron chi connectivity index (χ1n) is 12.5. The number of rotatable bonds is 8. The van der Waals surface area contributed by atoms with Gasteiger partial charge in [-0.15, -0.1) is 0 Å². The zero-order valence-corrected chi connectivity index (χ0v) is 19.6. The van der Waals surface area contributed by atoms with Gasteiger partial charge in [0.1, 0.15) is 0 Å². The number of hydrogen-bond acceptors (Lipinski definition) is 9. The van der Waals surface area contributed by atoms with E-state index < -0.39 is 11.5 Å². The first kappa shape index (κ1) is 22.6. The highest BCUT2D eigenvalue weighted by Gasteiger charge is 2.55. The number of aliphatic hydroxyl groups excluding tert-OH is 2. The zero-order chi connectivity index (χ0) is 24.2. The molecule has 0 spiro atoms. The molecule has 1 amide bonds. The fraction of sp³-hybridized carbons (Fsp3) is 0.600. The van der Waals surface area contributed by atoms with Gasteiger partial charge in [0.05, 0.1) is 35.8 Å². The van der Waals surface area contributed by atoms with Crippen molar-refractivity contribution in [3.05, 3.63) is 29.4 Å². The molecule has 0 saturated heterocycles. The van der Waals surface area contributed by atoms with Crippen LogP contribution in [0.1, 0.15) is 54.0 Å². The number of nitrogens with zero attached hydrogens (tertiary/aromatic N) is 4. The number of allylic oxidation sites excluding steroid dienone is 1. The molecule has 0 aliphatic heterocycles. The molecule has 2 aromatic heterocycles. The van der Waals surface area contributed by atoms with Crippen LogP contribution in [-0.4, -0.2) is 79.2 Å². The SMILES string of the molecule is O=C(c1noc(-c2cnc3c(c2NC2[C@@H]4CC5C[C@H]2CC(O)(C5)C4)C=CC3)n1)N(CCO)CCO. The summed E-state index contributed by atoms with van der Waals surface area (Å²) in [5.41, 5.74) is 3.01. The lowest BCUT2D eigenvalue weighted by Gasteiger charge is -2.58. The number of amides is 1. The second-order valence-electron chi connectivity index (χ2n) is 10.5. The standard InChI is InChI=1S/C25H31N5O5/c31-6-4-30(5-7-32)24(33)22-28-23(35-29-22)18-13-26-19-3-1-2-17(19)21(18)27-20-15-8-14-9-16(20)12-25(34,10-14)11-15/h1-2,13-16,20,31-32,34H,3-12H2,(H,26,27)/t14?,15-,16+,20?,25?. The van der Waals surface area contributed by atoms with Gasteiger partial charge in [-0.05, 0) is 49.9 Å². The Morgan fingerprint density at radius 2 is 1.91 bits per heavy atom. The van der Waals surface area contributed by atoms with E-state index in [1.807, 2.05) is 0 Å². The smallest absolute Gasteiger partial charge is 0.295 e. The monoisotopic (exact) mass is 481 g/mol. The molecule has 2 aromatic rings. The van der Waals surface area contributed by atoms with Gasteiger partial charge in [0, 0.05) is 37.3 Å². The van der Waals surface area contributed by atoms with Crippen LogP contribution in [0.15, 0.2) is 16.8 Å². The van der Waals surface area contributed by atoms with E-state index in [9.17, 15) is 20.1 Å². The Kier molecular flexibility index (Phi) is 5.62. The zero-order valence-electron chi connectivity index (χ0n) is 19.6. The molecule has 4 bridgehead atoms. The maximum absolute atomic E-state index is 12.8. The van der Waals surface area contributed by atoms with Gasteiger partial charge in [-0.1, -0.05) is 17.3 Å². The van der Waals surface area contributed by atoms with Gasteiger partial charge in [0.2, 0.25) is 0 Å². The van der Waals surface area contributed by atoms with Crippen molar-refractivity contribution in [1.82, 2.24) is 20.0 Å². The third-order valence-electron chi connectivity index (χ3n) is 8.22. The molecule has 2 heterocycles. The highest BCUT2D eigenvalue weighted by molar-refractivity contribution is 5.91. The quantitative estimate of drug-likeness (QED) is 0.440. The van der Waals surface area contributed by atoms with E-state index in [0.717, 1.165) is 55.5 Å². The highest BCUT2D eigenvalue weighted by Crippen LogP contribution is 2.56. The maximum atomic E-state index is 12.8. The van der Waals surface area contributed by atoms with Crippen LogP contribution >= 0.6 is 0 Å². The number of nitrogens with one attached hydrogen (secondary N) is 1. The lowest BCUT2D eigenvalue weighted by atomic mass is 9.52. The molecule has 5 aliphatic carbocycles. The molecule has 4 fully saturated rings. The minimum atomic E-state index is -0.513. The molecule has 7 rings (SSSR count). The van der Waals surface area contributed by atoms with Crippen molar-refractivity contribution in [2.24, 2.45) is 17.8 Å². The summed E-state index contributed by atoms with van der Waals surface area (Å²) < 4.78 is 5.52. The summed E-state index contributed by atoms with van der Waals surface area (Å²) >= 11 is 0. The summed E-state index contributed by atoms with van der Waals surface area (Å²) in [6.07, 6.45) is 11.5. The Morgan fingerprint density at radius 3 is 2.60 bits per heavy atom. The van der Waals surface area contributed by atoms with Gasteiger partial charge in [-0.2, -0.15) is 4.98 Å². The Hall–Kier alpha value is -2.82. The van der Waals surface area contributed by atoms with Gasteiger partial charge < -0.3 is 30.1 Å². The van der Waals surface area contributed by atoms with Crippen LogP contribution in [0.2, 0.25) is 0 Å². The molecule has 3 unspecified atom stereocenters. The number of carbonyl (C=O) groups excluding carboxylic acids is 1. The topological polar surface area (TPSA) is 145 Å². The lowest BCUT2D eigenvalue weighted by Crippen LogP contribution is -2.59. The minimum absolute atomic E-state index is 0.0685. The van der Waals surface area contributed by atoms with Crippen molar-refractivity contribution in [2.75, 3.05) is 31.6 Å². The predicted molar refractivity (Wildman–Crippen MR) is 126 cm³/mol. The Bertz CT molecular complexity index is 1140. The number of pyridine rings is 1. The predicted octanol–water partition coefficient (Wildman–Crippen LogP) is 1.48. The molecule has 5 aliphatic rings. The Morgan fingerprint density at radius 1 is 1.17 bits per heavy atom. The molecule has 10 heteroatoms. The van der Waals surface area contributed by atoms with Crippen molar-refractivity contribution in [3.63, 3.8) is 0 Å². The van der Waals surface area contributed by atoms with Gasteiger partial charge in [-0.25, -0.2) is 0 Å². The summed E-state index contributed by atoms with van der Waals surface area (Å²) in [5.74, 6) is 1.00. The summed E-state index contributed by atoms with van der Waals surface area (Å²) in [7, 11) is 0. The van der Waals surface area contributed by atoms with Gasteiger partial charge in [0.25, 0.3) is 17.6 Å². The molecule has 35 heavy (non-hydrogen) atoms. The Labute approximate surface area is 203 Å². The summed E-state index contributed by atoms with van der Waals surface area (Å²) in [4.78, 5) is 23.1. The second-order valence-corrected chi connectivity index (χ2v) is 10.5. The van der Waals surface area contributed by atoms with Crippen LogP contribution in [0.5, 0.6) is 0 Å². The normalized spacial score (nSPS) is 30.0. The molecule has 4 saturated carbocycles. The molecule has 5 atom stereocenters. The highest BCUT2D eigenvalue weighted by atomic mass is 16.5. The van der Waals surface area contributed by atoms with Crippen molar-refractivity contribution < 1.29 is 24.6 Å². The fourth-order valence-corrected chi connectivity index (χ4v) is 7.02. The summed E-state index contributed by atoms with van der Waals surface area (Å²) in [5, 5.41) is 37.2. The van der Waals surface area contributed by atoms with E-state index in [4.69, 9.17) is 4.52 Å². The van der Waals surface area contributed by atoms with Crippen LogP contribution in [0, 0.1) is 17.8 Å². The number of anilines is 1. The number of carbonyl (C=O) groups is 1. The fourth-order valence-electron chi connectivity index (χ4n) is 7.02. The number of hydrogen-bond donors (Lipinski definition) is 4. The van der Waals surface area contributed by atoms with E-state index in [1.165, 1.54) is 4.90 Å². The largest absolute Gasteiger partial charge is 0.395 e. The van der Waals surface area contributed by atoms with Gasteiger partial charge in [-0.3, -0.25) is 9.78 Å². The second kappa shape index (κ2) is 8.69. The van der Waals surface area contributed by atoms with E-state index in [0.29, 0.717) is 23.3 Å². The molecule has 0 aromatic carbocycles. The van der Waals surface area contributed by atoms with Gasteiger partial charge >= 0.3 is 0 Å². The minimum Gasteiger partial charge on any atom is -0.395 e. The third kappa shape index (κ3) is 3.93. The van der Waals surface area contributed by atoms with Crippen LogP contribution in [0.25, 0.3) is 17.5 Å². The molecule has 10 nitrogen and oxygen atoms in total. The van der Waals surface area contributed by atoms with Crippen molar-refractivity contribution in [3.8, 4) is 11.5 Å². The van der Waals surface area contributed by atoms with Crippen LogP contribution in [-0.2, 0) is 6.42 Å². The van der Waals surface area contributed by atoms with Crippen molar-refractivity contribution >= 4 is 17.7 Å². The van der Waals surface area contributed by atoms with Crippen LogP contribution in [0.4, 0.5) is 5.69 Å². The van der Waals surface area contributed by atoms with E-state index >= 15 is 0 Å². The van der Waals surface area contributed by atoms with E-state index in [2.05, 4.69) is 32.6 Å². The van der Waals surface area contributed by atoms with Crippen molar-refractivity contribution in [1.29, 1.82) is 0 Å². The summed E-state index contributed by atoms with van der Waals surface area (Å²) in [6.45, 7) is -0.325. The third-order valence-corrected chi connectivity index (χ3v) is 8.22. The molecular formula is C25H31N5O5. The van der Waals surface area contributed by atoms with Crippen LogP contribution < -0.4 is 5.32 Å². The molecule has 186 valence electrons. The Balaban J connectivity index is 1.32. The first-order valence-corrected chi connectivity index (χ1v) is 12.5. The average molecular weight is 482 g/mol. The maximum Gasteiger partial charge on any atom is 0.295 e. The molecular weight excluding hydrogens is 450 g/mol. The average Bonchev–Trinajstić information content (AvgIpc) is 3.50. The lowest BCUT2D eigenvalue weighted by molar-refractivity contribution is -0.129. The summed E-state index contributed by atoms with van der Waals surface area (Å²) in [6, 6.07) is 0.250. The number of fused-ring (bicyclic) bond motifs is 1. The van der Waals surface area contributed by atoms with Gasteiger partial charge in [0.15, 0.2) is 0 Å². The van der Waals surface area contributed by atoms with E-state index in [1.54, 1.807) is 6.20 Å². The number of aromatic nitrogens is 3. The number of aliphatic hydroxyl groups is 3.